The van der Waals surface area contributed by atoms with Gasteiger partial charge in [-0.2, -0.15) is 17.4 Å². The van der Waals surface area contributed by atoms with Gasteiger partial charge in [-0.15, -0.1) is 18.2 Å². The largest absolute Gasteiger partial charge is 0.748 e. The van der Waals surface area contributed by atoms with Crippen molar-refractivity contribution in [3.8, 4) is 28.5 Å². The zero-order chi connectivity index (χ0) is 19.2. The summed E-state index contributed by atoms with van der Waals surface area (Å²) in [6.07, 6.45) is 0. The second-order valence-corrected chi connectivity index (χ2v) is 6.43. The SMILES string of the molecule is N#Cc1cccc(-c2ccc3nc(-[c-]4cccc4)ccc3c2)c1.[Fe].[cH-]1[cH-][cH-][cH-][cH-]1. The van der Waals surface area contributed by atoms with E-state index in [0.717, 1.165) is 33.3 Å². The van der Waals surface area contributed by atoms with Crippen molar-refractivity contribution in [3.05, 3.63) is 115 Å². The first-order valence-electron chi connectivity index (χ1n) is 9.13. The number of aromatic nitrogens is 1. The molecule has 3 heteroatoms. The van der Waals surface area contributed by atoms with Gasteiger partial charge in [0.25, 0.3) is 0 Å². The predicted molar refractivity (Wildman–Crippen MR) is 115 cm³/mol. The summed E-state index contributed by atoms with van der Waals surface area (Å²) < 4.78 is 0. The van der Waals surface area contributed by atoms with Gasteiger partial charge < -0.3 is 30.3 Å². The van der Waals surface area contributed by atoms with E-state index in [9.17, 15) is 0 Å². The molecule has 5 aromatic rings. The molecule has 0 unspecified atom stereocenters. The molecule has 0 aliphatic heterocycles. The quantitative estimate of drug-likeness (QED) is 0.242. The second kappa shape index (κ2) is 9.66. The van der Waals surface area contributed by atoms with Gasteiger partial charge >= 0.3 is 0 Å². The van der Waals surface area contributed by atoms with Crippen LogP contribution in [-0.4, -0.2) is 4.98 Å². The number of benzene rings is 2. The molecule has 0 bridgehead atoms. The van der Waals surface area contributed by atoms with Crippen LogP contribution in [-0.2, 0) is 17.1 Å². The Morgan fingerprint density at radius 3 is 2.14 bits per heavy atom. The Balaban J connectivity index is 0.000000352. The molecule has 1 aromatic heterocycles. The van der Waals surface area contributed by atoms with Crippen molar-refractivity contribution in [1.29, 1.82) is 5.26 Å². The summed E-state index contributed by atoms with van der Waals surface area (Å²) in [7, 11) is 0. The van der Waals surface area contributed by atoms with Crippen LogP contribution in [0.25, 0.3) is 33.3 Å². The molecule has 0 fully saturated rings. The molecule has 29 heavy (non-hydrogen) atoms. The fourth-order valence-electron chi connectivity index (χ4n) is 3.10. The maximum Gasteiger partial charge on any atom is 0.0991 e. The van der Waals surface area contributed by atoms with Gasteiger partial charge in [0, 0.05) is 17.1 Å². The van der Waals surface area contributed by atoms with Gasteiger partial charge in [-0.1, -0.05) is 29.8 Å². The van der Waals surface area contributed by atoms with Crippen LogP contribution < -0.4 is 0 Å². The average molecular weight is 414 g/mol. The number of rotatable bonds is 2. The van der Waals surface area contributed by atoms with Crippen molar-refractivity contribution in [2.24, 2.45) is 0 Å². The van der Waals surface area contributed by atoms with E-state index in [1.54, 1.807) is 0 Å². The van der Waals surface area contributed by atoms with E-state index in [1.807, 2.05) is 78.9 Å². The number of hydrogen-bond acceptors (Lipinski definition) is 2. The minimum atomic E-state index is 0. The van der Waals surface area contributed by atoms with Crippen molar-refractivity contribution in [2.45, 2.75) is 0 Å². The molecule has 0 radical (unpaired) electrons. The van der Waals surface area contributed by atoms with Gasteiger partial charge in [0.05, 0.1) is 17.1 Å². The second-order valence-electron chi connectivity index (χ2n) is 6.43. The molecule has 0 atom stereocenters. The van der Waals surface area contributed by atoms with Crippen LogP contribution in [0.1, 0.15) is 5.56 Å². The van der Waals surface area contributed by atoms with E-state index in [-0.39, 0.29) is 17.1 Å². The van der Waals surface area contributed by atoms with Crippen molar-refractivity contribution in [3.63, 3.8) is 0 Å². The fraction of sp³-hybridized carbons (Fsp3) is 0. The minimum absolute atomic E-state index is 0. The number of hydrogen-bond donors (Lipinski definition) is 0. The van der Waals surface area contributed by atoms with Gasteiger partial charge in [0.1, 0.15) is 0 Å². The maximum absolute atomic E-state index is 9.04. The molecular weight excluding hydrogens is 396 g/mol. The molecule has 0 N–H and O–H groups in total. The van der Waals surface area contributed by atoms with Crippen molar-refractivity contribution in [2.75, 3.05) is 0 Å². The molecule has 0 saturated carbocycles. The zero-order valence-corrected chi connectivity index (χ0v) is 16.7. The molecule has 5 rings (SSSR count). The standard InChI is InChI=1S/C21H13N2.C5H5.Fe/c22-14-15-4-3-7-17(12-15)18-8-10-21-19(13-18)9-11-20(23-21)16-5-1-2-6-16;1-2-4-5-3-1;/h1-13H;1-5H;/q-1;-5;. The summed E-state index contributed by atoms with van der Waals surface area (Å²) in [6.45, 7) is 0. The molecule has 146 valence electrons. The Labute approximate surface area is 181 Å². The number of nitrogens with zero attached hydrogens (tertiary/aromatic N) is 2. The molecular formula is C26H18FeN2-6. The van der Waals surface area contributed by atoms with Crippen LogP contribution in [0, 0.1) is 11.3 Å². The first-order chi connectivity index (χ1) is 13.8. The summed E-state index contributed by atoms with van der Waals surface area (Å²) in [5, 5.41) is 10.1. The summed E-state index contributed by atoms with van der Waals surface area (Å²) in [4.78, 5) is 4.73. The monoisotopic (exact) mass is 414 g/mol. The topological polar surface area (TPSA) is 36.7 Å². The van der Waals surface area contributed by atoms with Crippen molar-refractivity contribution in [1.82, 2.24) is 4.98 Å². The third-order valence-electron chi connectivity index (χ3n) is 4.53. The van der Waals surface area contributed by atoms with Gasteiger partial charge in [-0.3, -0.25) is 4.98 Å². The number of nitriles is 1. The molecule has 0 aliphatic rings. The summed E-state index contributed by atoms with van der Waals surface area (Å²) in [5.74, 6) is 0. The fourth-order valence-corrected chi connectivity index (χ4v) is 3.10. The summed E-state index contributed by atoms with van der Waals surface area (Å²) in [5.41, 5.74) is 5.92. The van der Waals surface area contributed by atoms with Gasteiger partial charge in [0.2, 0.25) is 0 Å². The third-order valence-corrected chi connectivity index (χ3v) is 4.53. The van der Waals surface area contributed by atoms with Crippen molar-refractivity contribution >= 4 is 10.9 Å². The predicted octanol–water partition coefficient (Wildman–Crippen LogP) is 6.56. The van der Waals surface area contributed by atoms with Crippen LogP contribution in [0.15, 0.2) is 109 Å². The molecule has 0 amide bonds. The van der Waals surface area contributed by atoms with E-state index in [2.05, 4.69) is 36.4 Å². The molecule has 1 heterocycles. The van der Waals surface area contributed by atoms with Crippen LogP contribution in [0.2, 0.25) is 0 Å². The van der Waals surface area contributed by atoms with Gasteiger partial charge in [-0.25, -0.2) is 0 Å². The summed E-state index contributed by atoms with van der Waals surface area (Å²) in [6, 6.07) is 38.4. The average Bonchev–Trinajstić information content (AvgIpc) is 3.50. The first kappa shape index (κ1) is 20.3. The van der Waals surface area contributed by atoms with E-state index < -0.39 is 0 Å². The van der Waals surface area contributed by atoms with E-state index in [1.165, 1.54) is 0 Å². The first-order valence-corrected chi connectivity index (χ1v) is 9.13. The zero-order valence-electron chi connectivity index (χ0n) is 15.6. The van der Waals surface area contributed by atoms with Gasteiger partial charge in [0.15, 0.2) is 0 Å². The minimum Gasteiger partial charge on any atom is -0.748 e. The Kier molecular flexibility index (Phi) is 6.76. The molecule has 0 spiro atoms. The van der Waals surface area contributed by atoms with Gasteiger partial charge in [-0.05, 0) is 46.5 Å². The van der Waals surface area contributed by atoms with Crippen LogP contribution in [0.3, 0.4) is 0 Å². The normalized spacial score (nSPS) is 9.76. The molecule has 0 aliphatic carbocycles. The number of fused-ring (bicyclic) bond motifs is 1. The molecule has 2 nitrogen and oxygen atoms in total. The van der Waals surface area contributed by atoms with Crippen LogP contribution in [0.5, 0.6) is 0 Å². The summed E-state index contributed by atoms with van der Waals surface area (Å²) >= 11 is 0. The Bertz CT molecular complexity index is 1200. The number of pyridine rings is 1. The Hall–Kier alpha value is -3.44. The van der Waals surface area contributed by atoms with Crippen LogP contribution in [0.4, 0.5) is 0 Å². The van der Waals surface area contributed by atoms with Crippen LogP contribution >= 0.6 is 0 Å². The van der Waals surface area contributed by atoms with E-state index in [0.29, 0.717) is 5.56 Å². The smallest absolute Gasteiger partial charge is 0.0991 e. The van der Waals surface area contributed by atoms with E-state index in [4.69, 9.17) is 10.2 Å². The van der Waals surface area contributed by atoms with Crippen molar-refractivity contribution < 1.29 is 17.1 Å². The van der Waals surface area contributed by atoms with E-state index >= 15 is 0 Å². The Morgan fingerprint density at radius 2 is 1.45 bits per heavy atom. The maximum atomic E-state index is 9.04. The molecule has 0 saturated heterocycles. The Morgan fingerprint density at radius 1 is 0.759 bits per heavy atom. The molecule has 4 aromatic carbocycles. The third kappa shape index (κ3) is 4.89.